The summed E-state index contributed by atoms with van der Waals surface area (Å²) in [4.78, 5) is 0. The average molecular weight is 264 g/mol. The van der Waals surface area contributed by atoms with Gasteiger partial charge in [-0.1, -0.05) is 30.3 Å². The van der Waals surface area contributed by atoms with Gasteiger partial charge in [0.15, 0.2) is 0 Å². The van der Waals surface area contributed by atoms with Crippen LogP contribution in [0.15, 0.2) is 59.7 Å². The lowest BCUT2D eigenvalue weighted by atomic mass is 10.1. The van der Waals surface area contributed by atoms with Crippen molar-refractivity contribution in [3.05, 3.63) is 65.7 Å². The highest BCUT2D eigenvalue weighted by atomic mass is 19.4. The molecule has 1 N–H and O–H groups in total. The van der Waals surface area contributed by atoms with E-state index in [-0.39, 0.29) is 0 Å². The Kier molecular flexibility index (Phi) is 3.85. The van der Waals surface area contributed by atoms with E-state index in [0.29, 0.717) is 5.56 Å². The predicted molar refractivity (Wildman–Crippen MR) is 69.1 cm³/mol. The van der Waals surface area contributed by atoms with Crippen LogP contribution < -0.4 is 5.43 Å². The topological polar surface area (TPSA) is 24.4 Å². The Morgan fingerprint density at radius 1 is 0.895 bits per heavy atom. The molecule has 2 nitrogen and oxygen atoms in total. The Morgan fingerprint density at radius 2 is 1.53 bits per heavy atom. The van der Waals surface area contributed by atoms with Gasteiger partial charge in [0.1, 0.15) is 0 Å². The second-order valence-electron chi connectivity index (χ2n) is 3.86. The maximum Gasteiger partial charge on any atom is 0.416 e. The fourth-order valence-corrected chi connectivity index (χ4v) is 1.45. The maximum absolute atomic E-state index is 12.3. The highest BCUT2D eigenvalue weighted by Crippen LogP contribution is 2.28. The van der Waals surface area contributed by atoms with E-state index in [4.69, 9.17) is 0 Å². The fraction of sp³-hybridized carbons (Fsp3) is 0.0714. The molecule has 0 unspecified atom stereocenters. The number of halogens is 3. The molecule has 0 atom stereocenters. The molecule has 0 saturated heterocycles. The van der Waals surface area contributed by atoms with Crippen LogP contribution in [0.3, 0.4) is 0 Å². The van der Waals surface area contributed by atoms with Crippen molar-refractivity contribution in [3.63, 3.8) is 0 Å². The molecule has 98 valence electrons. The van der Waals surface area contributed by atoms with Gasteiger partial charge in [-0.15, -0.1) is 0 Å². The van der Waals surface area contributed by atoms with Crippen molar-refractivity contribution in [2.24, 2.45) is 5.10 Å². The molecule has 0 saturated carbocycles. The van der Waals surface area contributed by atoms with Crippen molar-refractivity contribution in [1.82, 2.24) is 0 Å². The molecule has 0 amide bonds. The first-order chi connectivity index (χ1) is 9.05. The molecule has 0 aliphatic heterocycles. The Hall–Kier alpha value is -2.30. The Labute approximate surface area is 108 Å². The number of alkyl halides is 3. The fourth-order valence-electron chi connectivity index (χ4n) is 1.45. The first kappa shape index (κ1) is 13.1. The normalized spacial score (nSPS) is 11.7. The van der Waals surface area contributed by atoms with Crippen molar-refractivity contribution in [1.29, 1.82) is 0 Å². The van der Waals surface area contributed by atoms with Crippen LogP contribution in [-0.2, 0) is 6.18 Å². The zero-order valence-electron chi connectivity index (χ0n) is 9.85. The van der Waals surface area contributed by atoms with Crippen LogP contribution in [0.5, 0.6) is 0 Å². The molecule has 0 aliphatic rings. The van der Waals surface area contributed by atoms with E-state index in [1.807, 2.05) is 30.3 Å². The highest BCUT2D eigenvalue weighted by Gasteiger charge is 2.29. The minimum absolute atomic E-state index is 0.594. The van der Waals surface area contributed by atoms with Crippen molar-refractivity contribution in [2.45, 2.75) is 6.18 Å². The predicted octanol–water partition coefficient (Wildman–Crippen LogP) is 4.15. The number of nitrogens with one attached hydrogen (secondary N) is 1. The van der Waals surface area contributed by atoms with Crippen molar-refractivity contribution < 1.29 is 13.2 Å². The quantitative estimate of drug-likeness (QED) is 0.653. The molecular formula is C14H11F3N2. The van der Waals surface area contributed by atoms with Gasteiger partial charge in [0.05, 0.1) is 17.5 Å². The van der Waals surface area contributed by atoms with E-state index in [1.165, 1.54) is 18.3 Å². The van der Waals surface area contributed by atoms with Crippen molar-refractivity contribution in [2.75, 3.05) is 5.43 Å². The van der Waals surface area contributed by atoms with Crippen LogP contribution in [0.2, 0.25) is 0 Å². The van der Waals surface area contributed by atoms with E-state index in [2.05, 4.69) is 10.5 Å². The van der Waals surface area contributed by atoms with Crippen molar-refractivity contribution in [3.8, 4) is 0 Å². The van der Waals surface area contributed by atoms with E-state index >= 15 is 0 Å². The van der Waals surface area contributed by atoms with Crippen molar-refractivity contribution >= 4 is 11.9 Å². The summed E-state index contributed by atoms with van der Waals surface area (Å²) in [7, 11) is 0. The molecular weight excluding hydrogens is 253 g/mol. The minimum Gasteiger partial charge on any atom is -0.279 e. The number of hydrogen-bond donors (Lipinski definition) is 1. The van der Waals surface area contributed by atoms with Crippen LogP contribution in [0.4, 0.5) is 18.9 Å². The average Bonchev–Trinajstić information content (AvgIpc) is 2.39. The highest BCUT2D eigenvalue weighted by molar-refractivity contribution is 5.80. The minimum atomic E-state index is -4.31. The molecule has 2 aromatic rings. The van der Waals surface area contributed by atoms with Crippen LogP contribution in [0, 0.1) is 0 Å². The SMILES string of the molecule is FC(F)(F)c1ccc(C=NNc2ccccc2)cc1. The van der Waals surface area contributed by atoms with E-state index in [9.17, 15) is 13.2 Å². The molecule has 0 radical (unpaired) electrons. The standard InChI is InChI=1S/C14H11F3N2/c15-14(16,17)12-8-6-11(7-9-12)10-18-19-13-4-2-1-3-5-13/h1-10,19H. The van der Waals surface area contributed by atoms with Crippen LogP contribution in [0.25, 0.3) is 0 Å². The summed E-state index contributed by atoms with van der Waals surface area (Å²) in [6, 6.07) is 14.1. The zero-order valence-corrected chi connectivity index (χ0v) is 9.85. The largest absolute Gasteiger partial charge is 0.416 e. The molecule has 2 rings (SSSR count). The van der Waals surface area contributed by atoms with E-state index in [1.54, 1.807) is 0 Å². The van der Waals surface area contributed by atoms with Gasteiger partial charge in [0.25, 0.3) is 0 Å². The smallest absolute Gasteiger partial charge is 0.279 e. The number of para-hydroxylation sites is 1. The van der Waals surface area contributed by atoms with Crippen LogP contribution in [-0.4, -0.2) is 6.21 Å². The van der Waals surface area contributed by atoms with Gasteiger partial charge in [-0.05, 0) is 29.8 Å². The molecule has 0 aliphatic carbocycles. The third-order valence-corrected chi connectivity index (χ3v) is 2.42. The van der Waals surface area contributed by atoms with Crippen LogP contribution >= 0.6 is 0 Å². The number of hydrogen-bond acceptors (Lipinski definition) is 2. The number of anilines is 1. The maximum atomic E-state index is 12.3. The second kappa shape index (κ2) is 5.56. The summed E-state index contributed by atoms with van der Waals surface area (Å²) >= 11 is 0. The number of benzene rings is 2. The molecule has 5 heteroatoms. The van der Waals surface area contributed by atoms with Gasteiger partial charge in [-0.3, -0.25) is 5.43 Å². The summed E-state index contributed by atoms with van der Waals surface area (Å²) in [6.07, 6.45) is -2.84. The van der Waals surface area contributed by atoms with E-state index in [0.717, 1.165) is 17.8 Å². The Balaban J connectivity index is 2.00. The molecule has 2 aromatic carbocycles. The van der Waals surface area contributed by atoms with E-state index < -0.39 is 11.7 Å². The zero-order chi connectivity index (χ0) is 13.7. The summed E-state index contributed by atoms with van der Waals surface area (Å²) in [5, 5.41) is 3.95. The second-order valence-corrected chi connectivity index (χ2v) is 3.86. The van der Waals surface area contributed by atoms with Gasteiger partial charge in [-0.2, -0.15) is 18.3 Å². The molecule has 0 bridgehead atoms. The summed E-state index contributed by atoms with van der Waals surface area (Å²) in [6.45, 7) is 0. The Bertz CT molecular complexity index is 545. The lowest BCUT2D eigenvalue weighted by molar-refractivity contribution is -0.137. The first-order valence-electron chi connectivity index (χ1n) is 5.57. The number of hydrazone groups is 1. The summed E-state index contributed by atoms with van der Waals surface area (Å²) in [5.74, 6) is 0. The Morgan fingerprint density at radius 3 is 2.11 bits per heavy atom. The molecule has 0 spiro atoms. The lowest BCUT2D eigenvalue weighted by Gasteiger charge is -2.05. The third kappa shape index (κ3) is 3.84. The summed E-state index contributed by atoms with van der Waals surface area (Å²) in [5.41, 5.74) is 3.52. The van der Waals surface area contributed by atoms with Gasteiger partial charge in [0, 0.05) is 0 Å². The van der Waals surface area contributed by atoms with Gasteiger partial charge in [0.2, 0.25) is 0 Å². The lowest BCUT2D eigenvalue weighted by Crippen LogP contribution is -2.04. The molecule has 19 heavy (non-hydrogen) atoms. The van der Waals surface area contributed by atoms with Gasteiger partial charge >= 0.3 is 6.18 Å². The molecule has 0 heterocycles. The number of rotatable bonds is 3. The number of nitrogens with zero attached hydrogens (tertiary/aromatic N) is 1. The molecule has 0 fully saturated rings. The first-order valence-corrected chi connectivity index (χ1v) is 5.57. The van der Waals surface area contributed by atoms with Gasteiger partial charge < -0.3 is 0 Å². The monoisotopic (exact) mass is 264 g/mol. The summed E-state index contributed by atoms with van der Waals surface area (Å²) < 4.78 is 37.0. The molecule has 0 aromatic heterocycles. The van der Waals surface area contributed by atoms with Crippen LogP contribution in [0.1, 0.15) is 11.1 Å². The third-order valence-electron chi connectivity index (χ3n) is 2.42. The van der Waals surface area contributed by atoms with Gasteiger partial charge in [-0.25, -0.2) is 0 Å².